The summed E-state index contributed by atoms with van der Waals surface area (Å²) in [5.41, 5.74) is -0.0234. The largest absolute Gasteiger partial charge is 0.247 e. The van der Waals surface area contributed by atoms with Crippen molar-refractivity contribution in [3.63, 3.8) is 0 Å². The Labute approximate surface area is 143 Å². The van der Waals surface area contributed by atoms with Crippen molar-refractivity contribution in [1.82, 2.24) is 0 Å². The lowest BCUT2D eigenvalue weighted by atomic mass is 9.88. The SMILES string of the molecule is CCCC1CCC2C(F)C(c3cc(F)c(F)c(F)c3)CC2C(F)C1F. The van der Waals surface area contributed by atoms with Crippen molar-refractivity contribution in [2.24, 2.45) is 17.8 Å². The van der Waals surface area contributed by atoms with E-state index in [2.05, 4.69) is 0 Å². The van der Waals surface area contributed by atoms with Crippen LogP contribution in [0.5, 0.6) is 0 Å². The molecule has 0 N–H and O–H groups in total. The van der Waals surface area contributed by atoms with Gasteiger partial charge in [0.1, 0.15) is 18.5 Å². The van der Waals surface area contributed by atoms with E-state index in [4.69, 9.17) is 0 Å². The third-order valence-corrected chi connectivity index (χ3v) is 6.00. The van der Waals surface area contributed by atoms with E-state index in [1.165, 1.54) is 0 Å². The van der Waals surface area contributed by atoms with E-state index in [9.17, 15) is 26.3 Å². The molecule has 0 bridgehead atoms. The van der Waals surface area contributed by atoms with Crippen LogP contribution in [-0.4, -0.2) is 18.5 Å². The smallest absolute Gasteiger partial charge is 0.194 e. The molecule has 0 radical (unpaired) electrons. The van der Waals surface area contributed by atoms with Crippen LogP contribution in [0.1, 0.15) is 50.5 Å². The van der Waals surface area contributed by atoms with Crippen LogP contribution in [0.15, 0.2) is 12.1 Å². The Kier molecular flexibility index (Phi) is 5.35. The third kappa shape index (κ3) is 3.28. The lowest BCUT2D eigenvalue weighted by molar-refractivity contribution is 0.0643. The van der Waals surface area contributed by atoms with Gasteiger partial charge >= 0.3 is 0 Å². The Morgan fingerprint density at radius 1 is 0.880 bits per heavy atom. The first kappa shape index (κ1) is 18.6. The Balaban J connectivity index is 1.85. The molecule has 0 nitrogen and oxygen atoms in total. The first-order valence-corrected chi connectivity index (χ1v) is 8.91. The molecule has 6 heteroatoms. The molecule has 2 aliphatic carbocycles. The number of rotatable bonds is 3. The molecule has 3 rings (SSSR count). The molecule has 2 saturated carbocycles. The molecule has 140 valence electrons. The summed E-state index contributed by atoms with van der Waals surface area (Å²) in [6.45, 7) is 1.90. The lowest BCUT2D eigenvalue weighted by Crippen LogP contribution is -2.31. The van der Waals surface area contributed by atoms with Crippen LogP contribution in [0, 0.1) is 35.2 Å². The van der Waals surface area contributed by atoms with Gasteiger partial charge in [0, 0.05) is 5.92 Å². The van der Waals surface area contributed by atoms with Crippen LogP contribution in [0.25, 0.3) is 0 Å². The predicted octanol–water partition coefficient (Wildman–Crippen LogP) is 6.05. The van der Waals surface area contributed by atoms with Crippen molar-refractivity contribution in [3.05, 3.63) is 35.1 Å². The molecule has 0 amide bonds. The number of fused-ring (bicyclic) bond motifs is 1. The quantitative estimate of drug-likeness (QED) is 0.453. The second-order valence-corrected chi connectivity index (χ2v) is 7.43. The second-order valence-electron chi connectivity index (χ2n) is 7.43. The van der Waals surface area contributed by atoms with Crippen molar-refractivity contribution >= 4 is 0 Å². The molecule has 0 heterocycles. The maximum absolute atomic E-state index is 14.9. The Morgan fingerprint density at radius 3 is 2.12 bits per heavy atom. The molecular weight excluding hydrogens is 342 g/mol. The normalized spacial score (nSPS) is 38.4. The number of benzene rings is 1. The fraction of sp³-hybridized carbons (Fsp3) is 0.684. The Morgan fingerprint density at radius 2 is 1.52 bits per heavy atom. The average molecular weight is 364 g/mol. The summed E-state index contributed by atoms with van der Waals surface area (Å²) in [6.07, 6.45) is -2.86. The van der Waals surface area contributed by atoms with Gasteiger partial charge in [-0.25, -0.2) is 26.3 Å². The molecular formula is C19H22F6. The zero-order valence-electron chi connectivity index (χ0n) is 14.0. The van der Waals surface area contributed by atoms with Crippen LogP contribution in [0.2, 0.25) is 0 Å². The highest BCUT2D eigenvalue weighted by molar-refractivity contribution is 5.26. The van der Waals surface area contributed by atoms with E-state index in [0.717, 1.165) is 18.6 Å². The molecule has 0 aliphatic heterocycles. The zero-order chi connectivity index (χ0) is 18.3. The number of hydrogen-bond acceptors (Lipinski definition) is 0. The molecule has 0 spiro atoms. The van der Waals surface area contributed by atoms with Crippen LogP contribution < -0.4 is 0 Å². The summed E-state index contributed by atoms with van der Waals surface area (Å²) < 4.78 is 84.2. The fourth-order valence-corrected chi connectivity index (χ4v) is 4.72. The molecule has 0 saturated heterocycles. The van der Waals surface area contributed by atoms with Crippen molar-refractivity contribution < 1.29 is 26.3 Å². The highest BCUT2D eigenvalue weighted by Gasteiger charge is 2.52. The zero-order valence-corrected chi connectivity index (χ0v) is 14.0. The summed E-state index contributed by atoms with van der Waals surface area (Å²) in [5.74, 6) is -7.22. The first-order chi connectivity index (χ1) is 11.8. The minimum atomic E-state index is -1.78. The average Bonchev–Trinajstić information content (AvgIpc) is 2.85. The highest BCUT2D eigenvalue weighted by atomic mass is 19.2. The predicted molar refractivity (Wildman–Crippen MR) is 83.0 cm³/mol. The summed E-state index contributed by atoms with van der Waals surface area (Å²) in [7, 11) is 0. The standard InChI is InChI=1S/C19H22F6/c1-2-3-9-4-5-11-13(18(24)16(9)22)8-12(17(11)23)10-6-14(20)19(25)15(21)7-10/h6-7,9,11-13,16-18H,2-5,8H2,1H3. The van der Waals surface area contributed by atoms with Crippen molar-refractivity contribution in [2.45, 2.75) is 63.5 Å². The molecule has 1 aromatic rings. The minimum absolute atomic E-state index is 0.0171. The molecule has 2 fully saturated rings. The van der Waals surface area contributed by atoms with Gasteiger partial charge < -0.3 is 0 Å². The number of hydrogen-bond donors (Lipinski definition) is 0. The van der Waals surface area contributed by atoms with Crippen LogP contribution >= 0.6 is 0 Å². The highest BCUT2D eigenvalue weighted by Crippen LogP contribution is 2.52. The van der Waals surface area contributed by atoms with Gasteiger partial charge in [-0.2, -0.15) is 0 Å². The summed E-state index contributed by atoms with van der Waals surface area (Å²) in [4.78, 5) is 0. The molecule has 7 atom stereocenters. The van der Waals surface area contributed by atoms with E-state index in [0.29, 0.717) is 19.3 Å². The lowest BCUT2D eigenvalue weighted by Gasteiger charge is -2.24. The number of alkyl halides is 3. The van der Waals surface area contributed by atoms with Gasteiger partial charge in [0.2, 0.25) is 0 Å². The topological polar surface area (TPSA) is 0 Å². The monoisotopic (exact) mass is 364 g/mol. The van der Waals surface area contributed by atoms with Gasteiger partial charge in [-0.05, 0) is 61.1 Å². The van der Waals surface area contributed by atoms with E-state index < -0.39 is 59.6 Å². The van der Waals surface area contributed by atoms with E-state index in [-0.39, 0.29) is 12.0 Å². The van der Waals surface area contributed by atoms with Crippen molar-refractivity contribution in [3.8, 4) is 0 Å². The van der Waals surface area contributed by atoms with Gasteiger partial charge in [0.05, 0.1) is 0 Å². The molecule has 25 heavy (non-hydrogen) atoms. The van der Waals surface area contributed by atoms with Crippen molar-refractivity contribution in [1.29, 1.82) is 0 Å². The van der Waals surface area contributed by atoms with Crippen LogP contribution in [0.4, 0.5) is 26.3 Å². The van der Waals surface area contributed by atoms with Gasteiger partial charge in [0.25, 0.3) is 0 Å². The molecule has 7 unspecified atom stereocenters. The Hall–Kier alpha value is -1.20. The summed E-state index contributed by atoms with van der Waals surface area (Å²) >= 11 is 0. The van der Waals surface area contributed by atoms with Gasteiger partial charge in [-0.15, -0.1) is 0 Å². The summed E-state index contributed by atoms with van der Waals surface area (Å²) in [6, 6.07) is 1.53. The van der Waals surface area contributed by atoms with Gasteiger partial charge in [-0.3, -0.25) is 0 Å². The maximum atomic E-state index is 14.9. The van der Waals surface area contributed by atoms with Crippen LogP contribution in [-0.2, 0) is 0 Å². The van der Waals surface area contributed by atoms with Gasteiger partial charge in [-0.1, -0.05) is 13.3 Å². The molecule has 0 aromatic heterocycles. The first-order valence-electron chi connectivity index (χ1n) is 8.91. The van der Waals surface area contributed by atoms with Crippen LogP contribution in [0.3, 0.4) is 0 Å². The maximum Gasteiger partial charge on any atom is 0.194 e. The van der Waals surface area contributed by atoms with E-state index >= 15 is 0 Å². The molecule has 2 aliphatic rings. The summed E-state index contributed by atoms with van der Waals surface area (Å²) in [5, 5.41) is 0. The minimum Gasteiger partial charge on any atom is -0.247 e. The Bertz CT molecular complexity index is 595. The number of halogens is 6. The van der Waals surface area contributed by atoms with Crippen molar-refractivity contribution in [2.75, 3.05) is 0 Å². The third-order valence-electron chi connectivity index (χ3n) is 6.00. The molecule has 1 aromatic carbocycles. The van der Waals surface area contributed by atoms with Gasteiger partial charge in [0.15, 0.2) is 17.5 Å². The van der Waals surface area contributed by atoms with E-state index in [1.54, 1.807) is 0 Å². The second kappa shape index (κ2) is 7.20. The fourth-order valence-electron chi connectivity index (χ4n) is 4.72. The van der Waals surface area contributed by atoms with E-state index in [1.807, 2.05) is 6.92 Å².